The zero-order chi connectivity index (χ0) is 19.3. The maximum absolute atomic E-state index is 12.9. The third-order valence-electron chi connectivity index (χ3n) is 4.11. The second-order valence-corrected chi connectivity index (χ2v) is 6.54. The lowest BCUT2D eigenvalue weighted by Gasteiger charge is -2.25. The first-order valence-corrected chi connectivity index (χ1v) is 8.34. The van der Waals surface area contributed by atoms with Crippen LogP contribution >= 0.6 is 0 Å². The van der Waals surface area contributed by atoms with Gasteiger partial charge in [0.2, 0.25) is 0 Å². The Kier molecular flexibility index (Phi) is 6.42. The Morgan fingerprint density at radius 3 is 2.31 bits per heavy atom. The van der Waals surface area contributed by atoms with Crippen LogP contribution in [-0.4, -0.2) is 42.9 Å². The minimum absolute atomic E-state index is 0.130. The van der Waals surface area contributed by atoms with Crippen LogP contribution in [0.4, 0.5) is 13.2 Å². The molecule has 2 aromatic carbocycles. The highest BCUT2D eigenvalue weighted by molar-refractivity contribution is 5.95. The van der Waals surface area contributed by atoms with Gasteiger partial charge in [-0.15, -0.1) is 0 Å². The van der Waals surface area contributed by atoms with E-state index in [-0.39, 0.29) is 12.5 Å². The number of alkyl halides is 3. The van der Waals surface area contributed by atoms with Gasteiger partial charge in [0.05, 0.1) is 5.56 Å². The van der Waals surface area contributed by atoms with E-state index < -0.39 is 11.7 Å². The van der Waals surface area contributed by atoms with Crippen LogP contribution < -0.4 is 0 Å². The number of amides is 1. The summed E-state index contributed by atoms with van der Waals surface area (Å²) in [5.74, 6) is -0.178. The zero-order valence-electron chi connectivity index (χ0n) is 15.2. The zero-order valence-corrected chi connectivity index (χ0v) is 15.2. The SMILES string of the molecule is Cc1ccccc1C(=O)N(CCN(C)C)Cc1cccc(C(F)(F)F)c1. The Bertz CT molecular complexity index is 757. The van der Waals surface area contributed by atoms with Gasteiger partial charge in [-0.05, 0) is 50.3 Å². The van der Waals surface area contributed by atoms with Crippen LogP contribution in [0.2, 0.25) is 0 Å². The lowest BCUT2D eigenvalue weighted by atomic mass is 10.1. The molecule has 0 atom stereocenters. The van der Waals surface area contributed by atoms with Crippen LogP contribution in [0.25, 0.3) is 0 Å². The first-order chi connectivity index (χ1) is 12.2. The third-order valence-corrected chi connectivity index (χ3v) is 4.11. The van der Waals surface area contributed by atoms with Crippen molar-refractivity contribution >= 4 is 5.91 Å². The van der Waals surface area contributed by atoms with E-state index in [0.717, 1.165) is 17.7 Å². The number of carbonyl (C=O) groups is 1. The number of carbonyl (C=O) groups excluding carboxylic acids is 1. The van der Waals surface area contributed by atoms with Gasteiger partial charge in [0, 0.05) is 25.2 Å². The molecule has 0 unspecified atom stereocenters. The molecule has 0 aromatic heterocycles. The van der Waals surface area contributed by atoms with Crippen molar-refractivity contribution in [1.29, 1.82) is 0 Å². The first-order valence-electron chi connectivity index (χ1n) is 8.34. The molecule has 26 heavy (non-hydrogen) atoms. The smallest absolute Gasteiger partial charge is 0.333 e. The van der Waals surface area contributed by atoms with Gasteiger partial charge in [-0.25, -0.2) is 0 Å². The summed E-state index contributed by atoms with van der Waals surface area (Å²) in [5.41, 5.74) is 1.17. The number of hydrogen-bond donors (Lipinski definition) is 0. The molecule has 140 valence electrons. The average Bonchev–Trinajstić information content (AvgIpc) is 2.58. The van der Waals surface area contributed by atoms with Crippen molar-refractivity contribution in [3.8, 4) is 0 Å². The predicted molar refractivity (Wildman–Crippen MR) is 95.9 cm³/mol. The molecule has 0 saturated heterocycles. The van der Waals surface area contributed by atoms with Crippen LogP contribution in [0, 0.1) is 6.92 Å². The van der Waals surface area contributed by atoms with Crippen molar-refractivity contribution in [2.75, 3.05) is 27.2 Å². The van der Waals surface area contributed by atoms with Gasteiger partial charge in [-0.1, -0.05) is 30.3 Å². The fourth-order valence-corrected chi connectivity index (χ4v) is 2.62. The molecule has 6 heteroatoms. The summed E-state index contributed by atoms with van der Waals surface area (Å²) in [6.07, 6.45) is -4.40. The number of halogens is 3. The highest BCUT2D eigenvalue weighted by Gasteiger charge is 2.30. The van der Waals surface area contributed by atoms with E-state index in [0.29, 0.717) is 24.2 Å². The Hall–Kier alpha value is -2.34. The Morgan fingerprint density at radius 2 is 1.69 bits per heavy atom. The van der Waals surface area contributed by atoms with Crippen molar-refractivity contribution in [2.24, 2.45) is 0 Å². The van der Waals surface area contributed by atoms with E-state index >= 15 is 0 Å². The number of aryl methyl sites for hydroxylation is 1. The minimum atomic E-state index is -4.40. The fourth-order valence-electron chi connectivity index (χ4n) is 2.62. The molecule has 0 spiro atoms. The number of nitrogens with zero attached hydrogens (tertiary/aromatic N) is 2. The van der Waals surface area contributed by atoms with E-state index in [1.54, 1.807) is 23.1 Å². The molecular formula is C20H23F3N2O. The van der Waals surface area contributed by atoms with Crippen molar-refractivity contribution in [2.45, 2.75) is 19.6 Å². The molecule has 2 rings (SSSR count). The van der Waals surface area contributed by atoms with Crippen LogP contribution in [-0.2, 0) is 12.7 Å². The molecule has 0 aliphatic heterocycles. The normalized spacial score (nSPS) is 11.7. The summed E-state index contributed by atoms with van der Waals surface area (Å²) in [6, 6.07) is 12.4. The number of likely N-dealkylation sites (N-methyl/N-ethyl adjacent to an activating group) is 1. The summed E-state index contributed by atoms with van der Waals surface area (Å²) < 4.78 is 38.8. The van der Waals surface area contributed by atoms with Crippen LogP contribution in [0.3, 0.4) is 0 Å². The van der Waals surface area contributed by atoms with Crippen LogP contribution in [0.15, 0.2) is 48.5 Å². The lowest BCUT2D eigenvalue weighted by molar-refractivity contribution is -0.137. The Balaban J connectivity index is 2.28. The van der Waals surface area contributed by atoms with Crippen LogP contribution in [0.1, 0.15) is 27.0 Å². The molecule has 0 heterocycles. The lowest BCUT2D eigenvalue weighted by Crippen LogP contribution is -2.36. The summed E-state index contributed by atoms with van der Waals surface area (Å²) in [5, 5.41) is 0. The Morgan fingerprint density at radius 1 is 1.00 bits per heavy atom. The van der Waals surface area contributed by atoms with E-state index in [4.69, 9.17) is 0 Å². The van der Waals surface area contributed by atoms with Gasteiger partial charge in [-0.2, -0.15) is 13.2 Å². The monoisotopic (exact) mass is 364 g/mol. The second-order valence-electron chi connectivity index (χ2n) is 6.54. The van der Waals surface area contributed by atoms with Gasteiger partial charge >= 0.3 is 6.18 Å². The van der Waals surface area contributed by atoms with Crippen molar-refractivity contribution < 1.29 is 18.0 Å². The van der Waals surface area contributed by atoms with Crippen molar-refractivity contribution in [3.63, 3.8) is 0 Å². The average molecular weight is 364 g/mol. The summed E-state index contributed by atoms with van der Waals surface area (Å²) >= 11 is 0. The molecule has 0 bridgehead atoms. The Labute approximate surface area is 152 Å². The quantitative estimate of drug-likeness (QED) is 0.766. The molecule has 0 radical (unpaired) electrons. The first kappa shape index (κ1) is 20.0. The molecule has 0 fully saturated rings. The van der Waals surface area contributed by atoms with E-state index in [1.807, 2.05) is 38.1 Å². The minimum Gasteiger partial charge on any atom is -0.333 e. The van der Waals surface area contributed by atoms with Gasteiger partial charge < -0.3 is 9.80 Å². The molecule has 0 saturated carbocycles. The largest absolute Gasteiger partial charge is 0.416 e. The number of rotatable bonds is 6. The third kappa shape index (κ3) is 5.33. The van der Waals surface area contributed by atoms with Crippen molar-refractivity contribution in [3.05, 3.63) is 70.8 Å². The van der Waals surface area contributed by atoms with E-state index in [2.05, 4.69) is 0 Å². The molecule has 0 N–H and O–H groups in total. The standard InChI is InChI=1S/C20H23F3N2O/c1-15-7-4-5-10-18(15)19(26)25(12-11-24(2)3)14-16-8-6-9-17(13-16)20(21,22)23/h4-10,13H,11-12,14H2,1-3H3. The summed E-state index contributed by atoms with van der Waals surface area (Å²) in [4.78, 5) is 16.5. The van der Waals surface area contributed by atoms with Gasteiger partial charge in [0.25, 0.3) is 5.91 Å². The molecule has 2 aromatic rings. The number of benzene rings is 2. The van der Waals surface area contributed by atoms with E-state index in [1.165, 1.54) is 6.07 Å². The van der Waals surface area contributed by atoms with Crippen molar-refractivity contribution in [1.82, 2.24) is 9.80 Å². The maximum atomic E-state index is 12.9. The number of hydrogen-bond acceptors (Lipinski definition) is 2. The molecule has 1 amide bonds. The molecule has 0 aliphatic rings. The highest BCUT2D eigenvalue weighted by Crippen LogP contribution is 2.29. The molecule has 3 nitrogen and oxygen atoms in total. The van der Waals surface area contributed by atoms with Gasteiger partial charge in [0.1, 0.15) is 0 Å². The topological polar surface area (TPSA) is 23.6 Å². The fraction of sp³-hybridized carbons (Fsp3) is 0.350. The predicted octanol–water partition coefficient (Wildman–Crippen LogP) is 4.22. The highest BCUT2D eigenvalue weighted by atomic mass is 19.4. The van der Waals surface area contributed by atoms with Gasteiger partial charge in [-0.3, -0.25) is 4.79 Å². The maximum Gasteiger partial charge on any atom is 0.416 e. The second kappa shape index (κ2) is 8.36. The summed E-state index contributed by atoms with van der Waals surface area (Å²) in [7, 11) is 3.78. The molecule has 0 aliphatic carbocycles. The summed E-state index contributed by atoms with van der Waals surface area (Å²) in [6.45, 7) is 3.03. The van der Waals surface area contributed by atoms with E-state index in [9.17, 15) is 18.0 Å². The van der Waals surface area contributed by atoms with Gasteiger partial charge in [0.15, 0.2) is 0 Å². The molecular weight excluding hydrogens is 341 g/mol. The van der Waals surface area contributed by atoms with Crippen LogP contribution in [0.5, 0.6) is 0 Å².